The second-order valence-corrected chi connectivity index (χ2v) is 4.11. The van der Waals surface area contributed by atoms with Crippen molar-refractivity contribution in [2.75, 3.05) is 0 Å². The third-order valence-electron chi connectivity index (χ3n) is 2.68. The van der Waals surface area contributed by atoms with Crippen molar-refractivity contribution in [2.24, 2.45) is 0 Å². The first-order valence-electron chi connectivity index (χ1n) is 5.57. The molecule has 0 unspecified atom stereocenters. The van der Waals surface area contributed by atoms with Gasteiger partial charge in [-0.2, -0.15) is 0 Å². The SMILES string of the molecule is Cc1ccc(C(=O)n2cccc2CC(=O)O)cc1.O.O. The van der Waals surface area contributed by atoms with Crippen LogP contribution in [0.4, 0.5) is 0 Å². The smallest absolute Gasteiger partial charge is 0.309 e. The van der Waals surface area contributed by atoms with Gasteiger partial charge in [0.2, 0.25) is 0 Å². The van der Waals surface area contributed by atoms with E-state index in [1.807, 2.05) is 19.1 Å². The Hall–Kier alpha value is -2.44. The van der Waals surface area contributed by atoms with Crippen molar-refractivity contribution in [3.63, 3.8) is 0 Å². The number of rotatable bonds is 3. The third kappa shape index (κ3) is 3.78. The molecule has 1 aromatic carbocycles. The zero-order chi connectivity index (χ0) is 13.1. The number of carboxylic acids is 1. The number of carbonyl (C=O) groups is 2. The van der Waals surface area contributed by atoms with E-state index in [2.05, 4.69) is 0 Å². The number of hydrogen-bond donors (Lipinski definition) is 1. The van der Waals surface area contributed by atoms with Gasteiger partial charge in [-0.25, -0.2) is 0 Å². The second-order valence-electron chi connectivity index (χ2n) is 4.11. The zero-order valence-electron chi connectivity index (χ0n) is 11.0. The van der Waals surface area contributed by atoms with Crippen LogP contribution in [-0.2, 0) is 11.2 Å². The van der Waals surface area contributed by atoms with E-state index in [9.17, 15) is 9.59 Å². The fourth-order valence-electron chi connectivity index (χ4n) is 1.75. The van der Waals surface area contributed by atoms with E-state index in [4.69, 9.17) is 5.11 Å². The molecule has 0 aliphatic carbocycles. The minimum atomic E-state index is -0.952. The van der Waals surface area contributed by atoms with Gasteiger partial charge in [-0.1, -0.05) is 17.7 Å². The second kappa shape index (κ2) is 7.22. The molecule has 6 nitrogen and oxygen atoms in total. The van der Waals surface area contributed by atoms with Gasteiger partial charge in [0.15, 0.2) is 0 Å². The molecule has 0 radical (unpaired) electrons. The Labute approximate surface area is 115 Å². The molecule has 108 valence electrons. The molecule has 1 heterocycles. The van der Waals surface area contributed by atoms with Gasteiger partial charge in [0, 0.05) is 17.5 Å². The first-order valence-corrected chi connectivity index (χ1v) is 5.57. The summed E-state index contributed by atoms with van der Waals surface area (Å²) in [5.41, 5.74) is 2.10. The number of nitrogens with zero attached hydrogens (tertiary/aromatic N) is 1. The molecular weight excluding hydrogens is 262 g/mol. The molecule has 2 aromatic rings. The number of benzene rings is 1. The minimum absolute atomic E-state index is 0. The predicted octanol–water partition coefficient (Wildman–Crippen LogP) is 0.463. The number of carbonyl (C=O) groups excluding carboxylic acids is 1. The molecule has 5 N–H and O–H groups in total. The van der Waals surface area contributed by atoms with Gasteiger partial charge >= 0.3 is 5.97 Å². The lowest BCUT2D eigenvalue weighted by molar-refractivity contribution is -0.136. The highest BCUT2D eigenvalue weighted by Crippen LogP contribution is 2.10. The van der Waals surface area contributed by atoms with Crippen LogP contribution in [0.15, 0.2) is 42.6 Å². The first kappa shape index (κ1) is 17.6. The Balaban J connectivity index is 0.00000180. The summed E-state index contributed by atoms with van der Waals surface area (Å²) in [4.78, 5) is 22.9. The van der Waals surface area contributed by atoms with Gasteiger partial charge < -0.3 is 16.1 Å². The number of aryl methyl sites for hydroxylation is 1. The fraction of sp³-hybridized carbons (Fsp3) is 0.143. The maximum absolute atomic E-state index is 12.2. The highest BCUT2D eigenvalue weighted by molar-refractivity contribution is 5.96. The minimum Gasteiger partial charge on any atom is -0.481 e. The van der Waals surface area contributed by atoms with E-state index in [0.717, 1.165) is 5.56 Å². The Morgan fingerprint density at radius 2 is 1.70 bits per heavy atom. The van der Waals surface area contributed by atoms with Crippen LogP contribution < -0.4 is 0 Å². The Morgan fingerprint density at radius 1 is 1.10 bits per heavy atom. The van der Waals surface area contributed by atoms with Gasteiger partial charge in [0.25, 0.3) is 5.91 Å². The van der Waals surface area contributed by atoms with Crippen LogP contribution in [-0.4, -0.2) is 32.5 Å². The summed E-state index contributed by atoms with van der Waals surface area (Å²) >= 11 is 0. The van der Waals surface area contributed by atoms with Crippen LogP contribution in [0.2, 0.25) is 0 Å². The topological polar surface area (TPSA) is 122 Å². The van der Waals surface area contributed by atoms with Crippen molar-refractivity contribution < 1.29 is 25.6 Å². The average Bonchev–Trinajstić information content (AvgIpc) is 2.76. The number of aromatic nitrogens is 1. The van der Waals surface area contributed by atoms with Gasteiger partial charge in [-0.3, -0.25) is 14.2 Å². The molecule has 0 saturated heterocycles. The van der Waals surface area contributed by atoms with Crippen LogP contribution in [0.5, 0.6) is 0 Å². The highest BCUT2D eigenvalue weighted by Gasteiger charge is 2.13. The lowest BCUT2D eigenvalue weighted by Gasteiger charge is -2.06. The van der Waals surface area contributed by atoms with Crippen molar-refractivity contribution >= 4 is 11.9 Å². The van der Waals surface area contributed by atoms with Crippen LogP contribution in [0, 0.1) is 6.92 Å². The van der Waals surface area contributed by atoms with Crippen LogP contribution in [0.1, 0.15) is 21.6 Å². The molecule has 0 amide bonds. The van der Waals surface area contributed by atoms with E-state index < -0.39 is 5.97 Å². The van der Waals surface area contributed by atoms with Gasteiger partial charge in [0.05, 0.1) is 6.42 Å². The Kier molecular flexibility index (Phi) is 6.34. The van der Waals surface area contributed by atoms with Crippen molar-refractivity contribution in [1.82, 2.24) is 4.57 Å². The first-order chi connectivity index (χ1) is 8.58. The largest absolute Gasteiger partial charge is 0.481 e. The predicted molar refractivity (Wildman–Crippen MR) is 73.9 cm³/mol. The molecule has 0 aliphatic heterocycles. The molecule has 1 aromatic heterocycles. The quantitative estimate of drug-likeness (QED) is 0.877. The molecule has 2 rings (SSSR count). The van der Waals surface area contributed by atoms with Crippen molar-refractivity contribution in [3.05, 3.63) is 59.4 Å². The summed E-state index contributed by atoms with van der Waals surface area (Å²) in [6.07, 6.45) is 1.42. The highest BCUT2D eigenvalue weighted by atomic mass is 16.4. The molecule has 20 heavy (non-hydrogen) atoms. The molecular formula is C14H17NO5. The molecule has 0 bridgehead atoms. The van der Waals surface area contributed by atoms with E-state index in [1.54, 1.807) is 30.5 Å². The Bertz CT molecular complexity index is 586. The zero-order valence-corrected chi connectivity index (χ0v) is 11.0. The van der Waals surface area contributed by atoms with Crippen LogP contribution in [0.25, 0.3) is 0 Å². The lowest BCUT2D eigenvalue weighted by Crippen LogP contribution is -2.16. The van der Waals surface area contributed by atoms with E-state index in [1.165, 1.54) is 4.57 Å². The molecule has 6 heteroatoms. The maximum Gasteiger partial charge on any atom is 0.309 e. The Morgan fingerprint density at radius 3 is 2.25 bits per heavy atom. The molecule has 0 fully saturated rings. The van der Waals surface area contributed by atoms with E-state index in [0.29, 0.717) is 11.3 Å². The molecule has 0 spiro atoms. The lowest BCUT2D eigenvalue weighted by atomic mass is 10.1. The van der Waals surface area contributed by atoms with Gasteiger partial charge in [-0.05, 0) is 31.2 Å². The van der Waals surface area contributed by atoms with Crippen molar-refractivity contribution in [2.45, 2.75) is 13.3 Å². The standard InChI is InChI=1S/C14H13NO3.2H2O/c1-10-4-6-11(7-5-10)14(18)15-8-2-3-12(15)9-13(16)17;;/h2-8H,9H2,1H3,(H,16,17);2*1H2. The molecule has 0 aliphatic rings. The van der Waals surface area contributed by atoms with Gasteiger partial charge in [-0.15, -0.1) is 0 Å². The van der Waals surface area contributed by atoms with Crippen molar-refractivity contribution in [1.29, 1.82) is 0 Å². The number of hydrogen-bond acceptors (Lipinski definition) is 2. The summed E-state index contributed by atoms with van der Waals surface area (Å²) in [5.74, 6) is -1.16. The summed E-state index contributed by atoms with van der Waals surface area (Å²) in [6, 6.07) is 10.5. The average molecular weight is 279 g/mol. The summed E-state index contributed by atoms with van der Waals surface area (Å²) in [7, 11) is 0. The summed E-state index contributed by atoms with van der Waals surface area (Å²) < 4.78 is 1.37. The van der Waals surface area contributed by atoms with Gasteiger partial charge in [0.1, 0.15) is 0 Å². The normalized spacial score (nSPS) is 9.25. The van der Waals surface area contributed by atoms with Crippen molar-refractivity contribution in [3.8, 4) is 0 Å². The van der Waals surface area contributed by atoms with E-state index in [-0.39, 0.29) is 23.3 Å². The van der Waals surface area contributed by atoms with E-state index >= 15 is 0 Å². The molecule has 0 atom stereocenters. The third-order valence-corrected chi connectivity index (χ3v) is 2.68. The molecule has 0 saturated carbocycles. The summed E-state index contributed by atoms with van der Waals surface area (Å²) in [5, 5.41) is 8.77. The number of aliphatic carboxylic acids is 1. The van der Waals surface area contributed by atoms with Crippen LogP contribution >= 0.6 is 0 Å². The summed E-state index contributed by atoms with van der Waals surface area (Å²) in [6.45, 7) is 1.94. The fourth-order valence-corrected chi connectivity index (χ4v) is 1.75. The number of carboxylic acid groups (broad SMARTS) is 1. The monoisotopic (exact) mass is 279 g/mol. The maximum atomic E-state index is 12.2. The van der Waals surface area contributed by atoms with Crippen LogP contribution in [0.3, 0.4) is 0 Å².